The number of carbonyl (C=O) groups excluding carboxylic acids is 1. The summed E-state index contributed by atoms with van der Waals surface area (Å²) in [5, 5.41) is 0. The van der Waals surface area contributed by atoms with E-state index in [0.717, 1.165) is 6.07 Å². The van der Waals surface area contributed by atoms with Gasteiger partial charge in [0.1, 0.15) is 17.7 Å². The van der Waals surface area contributed by atoms with Crippen molar-refractivity contribution in [2.24, 2.45) is 0 Å². The number of carbonyl (C=O) groups is 1. The van der Waals surface area contributed by atoms with Gasteiger partial charge in [0.05, 0.1) is 5.56 Å². The normalized spacial score (nSPS) is 12.2. The first-order valence-electron chi connectivity index (χ1n) is 6.12. The second-order valence-corrected chi connectivity index (χ2v) is 4.44. The van der Waals surface area contributed by atoms with Crippen LogP contribution in [0.2, 0.25) is 0 Å². The van der Waals surface area contributed by atoms with Crippen molar-refractivity contribution in [1.82, 2.24) is 0 Å². The number of aryl methyl sites for hydroxylation is 1. The van der Waals surface area contributed by atoms with Crippen LogP contribution in [0.25, 0.3) is 0 Å². The van der Waals surface area contributed by atoms with E-state index >= 15 is 0 Å². The van der Waals surface area contributed by atoms with Crippen LogP contribution in [0, 0.1) is 18.6 Å². The first-order valence-corrected chi connectivity index (χ1v) is 6.12. The molecule has 2 aromatic carbocycles. The van der Waals surface area contributed by atoms with Crippen LogP contribution in [-0.4, -0.2) is 12.9 Å². The van der Waals surface area contributed by atoms with Gasteiger partial charge in [0.2, 0.25) is 5.78 Å². The van der Waals surface area contributed by atoms with Crippen LogP contribution >= 0.6 is 0 Å². The molecular weight excluding hydrogens is 262 g/mol. The highest BCUT2D eigenvalue weighted by Crippen LogP contribution is 2.26. The predicted molar refractivity (Wildman–Crippen MR) is 71.6 cm³/mol. The van der Waals surface area contributed by atoms with Gasteiger partial charge in [-0.3, -0.25) is 4.79 Å². The van der Waals surface area contributed by atoms with E-state index in [1.807, 2.05) is 0 Å². The smallest absolute Gasteiger partial charge is 0.202 e. The minimum absolute atomic E-state index is 0.220. The highest BCUT2D eigenvalue weighted by atomic mass is 19.1. The standard InChI is InChI=1S/C16H14F2O2/c1-10-8-9-12(17)13(14(10)18)15(19)16(20-2)11-6-4-3-5-7-11/h3-9,16H,1-2H3. The number of methoxy groups -OCH3 is 1. The molecule has 1 atom stereocenters. The summed E-state index contributed by atoms with van der Waals surface area (Å²) in [5.41, 5.74) is 0.221. The Morgan fingerprint density at radius 2 is 1.75 bits per heavy atom. The van der Waals surface area contributed by atoms with E-state index in [9.17, 15) is 13.6 Å². The second kappa shape index (κ2) is 5.92. The molecule has 104 valence electrons. The molecule has 0 aromatic heterocycles. The molecule has 0 aliphatic heterocycles. The van der Waals surface area contributed by atoms with Crippen molar-refractivity contribution in [2.75, 3.05) is 7.11 Å². The Morgan fingerprint density at radius 1 is 1.10 bits per heavy atom. The molecule has 0 N–H and O–H groups in total. The lowest BCUT2D eigenvalue weighted by atomic mass is 9.97. The maximum atomic E-state index is 14.0. The number of hydrogen-bond acceptors (Lipinski definition) is 2. The number of benzene rings is 2. The Hall–Kier alpha value is -2.07. The van der Waals surface area contributed by atoms with Crippen LogP contribution in [-0.2, 0) is 4.74 Å². The van der Waals surface area contributed by atoms with Gasteiger partial charge in [-0.2, -0.15) is 0 Å². The van der Waals surface area contributed by atoms with E-state index < -0.39 is 29.1 Å². The largest absolute Gasteiger partial charge is 0.369 e. The summed E-state index contributed by atoms with van der Waals surface area (Å²) in [6.07, 6.45) is -1.03. The summed E-state index contributed by atoms with van der Waals surface area (Å²) in [5.74, 6) is -2.44. The van der Waals surface area contributed by atoms with Gasteiger partial charge in [-0.15, -0.1) is 0 Å². The zero-order valence-electron chi connectivity index (χ0n) is 11.2. The van der Waals surface area contributed by atoms with Crippen molar-refractivity contribution in [3.63, 3.8) is 0 Å². The topological polar surface area (TPSA) is 26.3 Å². The fourth-order valence-corrected chi connectivity index (χ4v) is 2.04. The molecule has 2 rings (SSSR count). The Bertz CT molecular complexity index is 624. The number of ketones is 1. The third-order valence-electron chi connectivity index (χ3n) is 3.11. The number of ether oxygens (including phenoxy) is 1. The number of rotatable bonds is 4. The highest BCUT2D eigenvalue weighted by Gasteiger charge is 2.27. The summed E-state index contributed by atoms with van der Waals surface area (Å²) in [6, 6.07) is 11.0. The molecule has 0 saturated heterocycles. The van der Waals surface area contributed by atoms with Gasteiger partial charge < -0.3 is 4.74 Å². The maximum absolute atomic E-state index is 14.0. The van der Waals surface area contributed by atoms with Crippen molar-refractivity contribution >= 4 is 5.78 Å². The van der Waals surface area contributed by atoms with Gasteiger partial charge in [-0.05, 0) is 24.1 Å². The van der Waals surface area contributed by atoms with Gasteiger partial charge in [0, 0.05) is 7.11 Å². The Morgan fingerprint density at radius 3 is 2.35 bits per heavy atom. The molecule has 0 bridgehead atoms. The number of halogens is 2. The van der Waals surface area contributed by atoms with Gasteiger partial charge in [0.25, 0.3) is 0 Å². The van der Waals surface area contributed by atoms with Crippen LogP contribution in [0.3, 0.4) is 0 Å². The molecule has 0 fully saturated rings. The van der Waals surface area contributed by atoms with E-state index in [0.29, 0.717) is 5.56 Å². The second-order valence-electron chi connectivity index (χ2n) is 4.44. The lowest BCUT2D eigenvalue weighted by molar-refractivity contribution is 0.0595. The monoisotopic (exact) mass is 276 g/mol. The molecule has 20 heavy (non-hydrogen) atoms. The molecule has 0 spiro atoms. The molecule has 2 nitrogen and oxygen atoms in total. The minimum atomic E-state index is -1.03. The maximum Gasteiger partial charge on any atom is 0.202 e. The zero-order valence-corrected chi connectivity index (χ0v) is 11.2. The Kier molecular flexibility index (Phi) is 4.25. The molecule has 0 amide bonds. The first-order chi connectivity index (χ1) is 9.56. The van der Waals surface area contributed by atoms with E-state index in [-0.39, 0.29) is 5.56 Å². The number of Topliss-reactive ketones (excluding diaryl/α,β-unsaturated/α-hetero) is 1. The van der Waals surface area contributed by atoms with Gasteiger partial charge in [0.15, 0.2) is 0 Å². The minimum Gasteiger partial charge on any atom is -0.369 e. The van der Waals surface area contributed by atoms with Crippen LogP contribution in [0.1, 0.15) is 27.6 Å². The van der Waals surface area contributed by atoms with Gasteiger partial charge in [-0.25, -0.2) is 8.78 Å². The third kappa shape index (κ3) is 2.60. The van der Waals surface area contributed by atoms with Crippen molar-refractivity contribution in [1.29, 1.82) is 0 Å². The molecule has 0 aliphatic carbocycles. The Balaban J connectivity index is 2.47. The van der Waals surface area contributed by atoms with E-state index in [2.05, 4.69) is 0 Å². The van der Waals surface area contributed by atoms with E-state index in [1.54, 1.807) is 30.3 Å². The average Bonchev–Trinajstić information content (AvgIpc) is 2.45. The lowest BCUT2D eigenvalue weighted by Crippen LogP contribution is -2.18. The lowest BCUT2D eigenvalue weighted by Gasteiger charge is -2.16. The van der Waals surface area contributed by atoms with Crippen molar-refractivity contribution in [3.8, 4) is 0 Å². The van der Waals surface area contributed by atoms with Crippen molar-refractivity contribution in [2.45, 2.75) is 13.0 Å². The van der Waals surface area contributed by atoms with Crippen LogP contribution < -0.4 is 0 Å². The van der Waals surface area contributed by atoms with Crippen LogP contribution in [0.5, 0.6) is 0 Å². The summed E-state index contributed by atoms with van der Waals surface area (Å²) in [6.45, 7) is 1.48. The number of hydrogen-bond donors (Lipinski definition) is 0. The van der Waals surface area contributed by atoms with Gasteiger partial charge >= 0.3 is 0 Å². The van der Waals surface area contributed by atoms with E-state index in [1.165, 1.54) is 20.1 Å². The highest BCUT2D eigenvalue weighted by molar-refractivity contribution is 6.00. The average molecular weight is 276 g/mol. The molecule has 0 saturated carbocycles. The van der Waals surface area contributed by atoms with Crippen LogP contribution in [0.4, 0.5) is 8.78 Å². The van der Waals surface area contributed by atoms with Crippen molar-refractivity contribution in [3.05, 3.63) is 70.8 Å². The summed E-state index contributed by atoms with van der Waals surface area (Å²) in [4.78, 5) is 12.4. The van der Waals surface area contributed by atoms with Gasteiger partial charge in [-0.1, -0.05) is 36.4 Å². The fraction of sp³-hybridized carbons (Fsp3) is 0.188. The fourth-order valence-electron chi connectivity index (χ4n) is 2.04. The first kappa shape index (κ1) is 14.3. The molecule has 0 aliphatic rings. The molecule has 2 aromatic rings. The summed E-state index contributed by atoms with van der Waals surface area (Å²) in [7, 11) is 1.33. The third-order valence-corrected chi connectivity index (χ3v) is 3.11. The molecular formula is C16H14F2O2. The summed E-state index contributed by atoms with van der Waals surface area (Å²) >= 11 is 0. The molecule has 1 unspecified atom stereocenters. The zero-order chi connectivity index (χ0) is 14.7. The van der Waals surface area contributed by atoms with Crippen LogP contribution in [0.15, 0.2) is 42.5 Å². The SMILES string of the molecule is COC(C(=O)c1c(F)ccc(C)c1F)c1ccccc1. The molecule has 0 radical (unpaired) electrons. The quantitative estimate of drug-likeness (QED) is 0.793. The predicted octanol–water partition coefficient (Wildman–Crippen LogP) is 3.84. The molecule has 0 heterocycles. The Labute approximate surface area is 116 Å². The van der Waals surface area contributed by atoms with Crippen molar-refractivity contribution < 1.29 is 18.3 Å². The summed E-state index contributed by atoms with van der Waals surface area (Å²) < 4.78 is 32.9. The molecule has 4 heteroatoms. The van der Waals surface area contributed by atoms with E-state index in [4.69, 9.17) is 4.74 Å².